The maximum atomic E-state index is 11.1. The average molecular weight is 202 g/mol. The number of nitrogens with one attached hydrogen (secondary N) is 1. The van der Waals surface area contributed by atoms with E-state index in [0.717, 1.165) is 19.6 Å². The number of thiol groups is 1. The molecular weight excluding hydrogens is 184 g/mol. The number of carbonyl (C=O) groups is 1. The Balaban J connectivity index is 2.09. The maximum Gasteiger partial charge on any atom is 0.220 e. The second kappa shape index (κ2) is 5.50. The van der Waals surface area contributed by atoms with Crippen molar-refractivity contribution in [2.24, 2.45) is 5.92 Å². The molecule has 4 heteroatoms. The highest BCUT2D eigenvalue weighted by molar-refractivity contribution is 7.80. The quantitative estimate of drug-likeness (QED) is 0.646. The molecule has 76 valence electrons. The molecule has 0 radical (unpaired) electrons. The fraction of sp³-hybridized carbons (Fsp3) is 0.889. The summed E-state index contributed by atoms with van der Waals surface area (Å²) in [7, 11) is 2.12. The largest absolute Gasteiger partial charge is 0.356 e. The van der Waals surface area contributed by atoms with Crippen molar-refractivity contribution in [2.45, 2.75) is 12.8 Å². The van der Waals surface area contributed by atoms with E-state index in [1.165, 1.54) is 6.42 Å². The van der Waals surface area contributed by atoms with Gasteiger partial charge in [-0.1, -0.05) is 0 Å². The summed E-state index contributed by atoms with van der Waals surface area (Å²) in [6.07, 6.45) is 1.74. The molecular formula is C9H18N2OS. The molecule has 0 aromatic heterocycles. The van der Waals surface area contributed by atoms with Gasteiger partial charge in [-0.2, -0.15) is 12.6 Å². The Morgan fingerprint density at radius 1 is 1.69 bits per heavy atom. The van der Waals surface area contributed by atoms with Crippen LogP contribution < -0.4 is 5.32 Å². The van der Waals surface area contributed by atoms with Crippen LogP contribution >= 0.6 is 12.6 Å². The van der Waals surface area contributed by atoms with Crippen LogP contribution in [0.2, 0.25) is 0 Å². The fourth-order valence-corrected chi connectivity index (χ4v) is 1.84. The Morgan fingerprint density at radius 2 is 2.46 bits per heavy atom. The van der Waals surface area contributed by atoms with Crippen LogP contribution in [0.1, 0.15) is 12.8 Å². The molecule has 1 saturated heterocycles. The zero-order valence-corrected chi connectivity index (χ0v) is 9.02. The van der Waals surface area contributed by atoms with Crippen molar-refractivity contribution < 1.29 is 4.79 Å². The summed E-state index contributed by atoms with van der Waals surface area (Å²) in [6, 6.07) is 0. The number of amides is 1. The summed E-state index contributed by atoms with van der Waals surface area (Å²) in [5.41, 5.74) is 0. The average Bonchev–Trinajstić information content (AvgIpc) is 2.49. The molecule has 0 spiro atoms. The number of rotatable bonds is 4. The minimum atomic E-state index is 0.129. The molecule has 3 nitrogen and oxygen atoms in total. The maximum absolute atomic E-state index is 11.1. The Hall–Kier alpha value is -0.220. The number of nitrogens with zero attached hydrogens (tertiary/aromatic N) is 1. The van der Waals surface area contributed by atoms with Gasteiger partial charge in [0.1, 0.15) is 0 Å². The topological polar surface area (TPSA) is 32.3 Å². The Bertz CT molecular complexity index is 175. The van der Waals surface area contributed by atoms with E-state index in [2.05, 4.69) is 29.9 Å². The first-order valence-electron chi connectivity index (χ1n) is 4.78. The molecule has 1 unspecified atom stereocenters. The standard InChI is InChI=1S/C9H18N2OS/c1-11-4-2-8(7-11)6-10-9(12)3-5-13/h8,13H,2-7H2,1H3,(H,10,12). The van der Waals surface area contributed by atoms with E-state index in [1.54, 1.807) is 0 Å². The van der Waals surface area contributed by atoms with Crippen LogP contribution in [0.3, 0.4) is 0 Å². The number of likely N-dealkylation sites (tertiary alicyclic amines) is 1. The third-order valence-corrected chi connectivity index (χ3v) is 2.64. The first kappa shape index (κ1) is 10.9. The summed E-state index contributed by atoms with van der Waals surface area (Å²) in [5, 5.41) is 2.93. The molecule has 0 aromatic carbocycles. The van der Waals surface area contributed by atoms with Crippen LogP contribution in [0.5, 0.6) is 0 Å². The zero-order chi connectivity index (χ0) is 9.68. The monoisotopic (exact) mass is 202 g/mol. The van der Waals surface area contributed by atoms with Crippen LogP contribution in [0.4, 0.5) is 0 Å². The molecule has 13 heavy (non-hydrogen) atoms. The van der Waals surface area contributed by atoms with Gasteiger partial charge in [0.05, 0.1) is 0 Å². The van der Waals surface area contributed by atoms with E-state index in [-0.39, 0.29) is 5.91 Å². The van der Waals surface area contributed by atoms with Crippen molar-refractivity contribution in [2.75, 3.05) is 32.4 Å². The third kappa shape index (κ3) is 4.00. The van der Waals surface area contributed by atoms with E-state index in [0.29, 0.717) is 18.1 Å². The molecule has 1 heterocycles. The first-order valence-corrected chi connectivity index (χ1v) is 5.41. The highest BCUT2D eigenvalue weighted by Crippen LogP contribution is 2.12. The molecule has 0 aromatic rings. The Labute approximate surface area is 85.3 Å². The molecule has 0 saturated carbocycles. The highest BCUT2D eigenvalue weighted by atomic mass is 32.1. The summed E-state index contributed by atoms with van der Waals surface area (Å²) < 4.78 is 0. The van der Waals surface area contributed by atoms with Crippen molar-refractivity contribution in [3.8, 4) is 0 Å². The summed E-state index contributed by atoms with van der Waals surface area (Å²) in [6.45, 7) is 3.10. The molecule has 1 aliphatic heterocycles. The van der Waals surface area contributed by atoms with Crippen LogP contribution in [-0.2, 0) is 4.79 Å². The molecule has 1 fully saturated rings. The minimum Gasteiger partial charge on any atom is -0.356 e. The molecule has 1 aliphatic rings. The van der Waals surface area contributed by atoms with Crippen molar-refractivity contribution in [3.05, 3.63) is 0 Å². The molecule has 1 amide bonds. The highest BCUT2D eigenvalue weighted by Gasteiger charge is 2.19. The Kier molecular flexibility index (Phi) is 4.59. The van der Waals surface area contributed by atoms with Gasteiger partial charge in [-0.05, 0) is 31.7 Å². The lowest BCUT2D eigenvalue weighted by molar-refractivity contribution is -0.120. The van der Waals surface area contributed by atoms with Crippen molar-refractivity contribution in [1.29, 1.82) is 0 Å². The summed E-state index contributed by atoms with van der Waals surface area (Å²) in [5.74, 6) is 1.41. The van der Waals surface area contributed by atoms with Crippen molar-refractivity contribution in [3.63, 3.8) is 0 Å². The van der Waals surface area contributed by atoms with Gasteiger partial charge in [-0.25, -0.2) is 0 Å². The lowest BCUT2D eigenvalue weighted by Crippen LogP contribution is -2.30. The third-order valence-electron chi connectivity index (χ3n) is 2.42. The first-order chi connectivity index (χ1) is 6.22. The van der Waals surface area contributed by atoms with Gasteiger partial charge in [0.15, 0.2) is 0 Å². The fourth-order valence-electron chi connectivity index (χ4n) is 1.64. The van der Waals surface area contributed by atoms with Gasteiger partial charge in [-0.3, -0.25) is 4.79 Å². The number of hydrogen-bond acceptors (Lipinski definition) is 3. The van der Waals surface area contributed by atoms with Crippen molar-refractivity contribution in [1.82, 2.24) is 10.2 Å². The zero-order valence-electron chi connectivity index (χ0n) is 8.12. The lowest BCUT2D eigenvalue weighted by atomic mass is 10.1. The van der Waals surface area contributed by atoms with Crippen LogP contribution in [-0.4, -0.2) is 43.2 Å². The van der Waals surface area contributed by atoms with E-state index < -0.39 is 0 Å². The predicted molar refractivity (Wildman–Crippen MR) is 57.1 cm³/mol. The van der Waals surface area contributed by atoms with E-state index >= 15 is 0 Å². The smallest absolute Gasteiger partial charge is 0.220 e. The van der Waals surface area contributed by atoms with Gasteiger partial charge in [0.25, 0.3) is 0 Å². The molecule has 0 aliphatic carbocycles. The normalized spacial score (nSPS) is 23.4. The second-order valence-electron chi connectivity index (χ2n) is 3.69. The lowest BCUT2D eigenvalue weighted by Gasteiger charge is -2.11. The predicted octanol–water partition coefficient (Wildman–Crippen LogP) is 0.374. The second-order valence-corrected chi connectivity index (χ2v) is 4.14. The molecule has 0 bridgehead atoms. The van der Waals surface area contributed by atoms with Crippen LogP contribution in [0.25, 0.3) is 0 Å². The van der Waals surface area contributed by atoms with Gasteiger partial charge in [-0.15, -0.1) is 0 Å². The van der Waals surface area contributed by atoms with Gasteiger partial charge < -0.3 is 10.2 Å². The van der Waals surface area contributed by atoms with Gasteiger partial charge in [0.2, 0.25) is 5.91 Å². The summed E-state index contributed by atoms with van der Waals surface area (Å²) in [4.78, 5) is 13.4. The number of hydrogen-bond donors (Lipinski definition) is 2. The summed E-state index contributed by atoms with van der Waals surface area (Å²) >= 11 is 4.01. The molecule has 1 N–H and O–H groups in total. The van der Waals surface area contributed by atoms with E-state index in [4.69, 9.17) is 0 Å². The van der Waals surface area contributed by atoms with E-state index in [9.17, 15) is 4.79 Å². The van der Waals surface area contributed by atoms with Crippen LogP contribution in [0.15, 0.2) is 0 Å². The molecule has 1 atom stereocenters. The van der Waals surface area contributed by atoms with Crippen molar-refractivity contribution >= 4 is 18.5 Å². The number of carbonyl (C=O) groups excluding carboxylic acids is 1. The minimum absolute atomic E-state index is 0.129. The SMILES string of the molecule is CN1CCC(CNC(=O)CCS)C1. The van der Waals surface area contributed by atoms with Crippen LogP contribution in [0, 0.1) is 5.92 Å². The van der Waals surface area contributed by atoms with Gasteiger partial charge in [0, 0.05) is 19.5 Å². The Morgan fingerprint density at radius 3 is 3.00 bits per heavy atom. The van der Waals surface area contributed by atoms with E-state index in [1.807, 2.05) is 0 Å². The van der Waals surface area contributed by atoms with Gasteiger partial charge >= 0.3 is 0 Å². The molecule has 1 rings (SSSR count).